The molecule has 19 heavy (non-hydrogen) atoms. The number of rotatable bonds is 4. The fraction of sp³-hybridized carbons (Fsp3) is 0.267. The molecular formula is C15H17N3O. The zero-order valence-corrected chi connectivity index (χ0v) is 11.2. The first-order valence-electron chi connectivity index (χ1n) is 6.42. The van der Waals surface area contributed by atoms with Gasteiger partial charge in [0.15, 0.2) is 0 Å². The van der Waals surface area contributed by atoms with Crippen molar-refractivity contribution in [3.05, 3.63) is 53.5 Å². The van der Waals surface area contributed by atoms with Crippen LogP contribution in [0, 0.1) is 6.92 Å². The zero-order valence-electron chi connectivity index (χ0n) is 11.2. The Labute approximate surface area is 112 Å². The second-order valence-electron chi connectivity index (χ2n) is 4.68. The summed E-state index contributed by atoms with van der Waals surface area (Å²) in [5, 5.41) is 8.79. The fourth-order valence-corrected chi connectivity index (χ4v) is 2.35. The molecule has 0 bridgehead atoms. The molecule has 3 rings (SSSR count). The number of aryl methyl sites for hydroxylation is 1. The highest BCUT2D eigenvalue weighted by atomic mass is 16.3. The van der Waals surface area contributed by atoms with E-state index in [4.69, 9.17) is 4.42 Å². The highest BCUT2D eigenvalue weighted by Gasteiger charge is 2.13. The first kappa shape index (κ1) is 12.0. The Morgan fingerprint density at radius 2 is 2.11 bits per heavy atom. The summed E-state index contributed by atoms with van der Waals surface area (Å²) in [4.78, 5) is 0. The smallest absolute Gasteiger partial charge is 0.134 e. The summed E-state index contributed by atoms with van der Waals surface area (Å²) in [6.45, 7) is 3.45. The maximum absolute atomic E-state index is 5.96. The van der Waals surface area contributed by atoms with Crippen molar-refractivity contribution in [3.8, 4) is 0 Å². The van der Waals surface area contributed by atoms with E-state index in [1.54, 1.807) is 0 Å². The third-order valence-electron chi connectivity index (χ3n) is 3.22. The summed E-state index contributed by atoms with van der Waals surface area (Å²) in [5.74, 6) is 0.971. The Morgan fingerprint density at radius 1 is 1.26 bits per heavy atom. The molecule has 0 aliphatic carbocycles. The molecule has 2 heterocycles. The van der Waals surface area contributed by atoms with E-state index in [0.717, 1.165) is 23.6 Å². The molecule has 98 valence electrons. The van der Waals surface area contributed by atoms with Crippen LogP contribution in [0.1, 0.15) is 17.0 Å². The molecule has 0 unspecified atom stereocenters. The van der Waals surface area contributed by atoms with E-state index >= 15 is 0 Å². The number of hydrogen-bond acceptors (Lipinski definition) is 3. The topological polar surface area (TPSA) is 43.0 Å². The summed E-state index contributed by atoms with van der Waals surface area (Å²) in [6.07, 6.45) is 1.98. The first-order chi connectivity index (χ1) is 9.28. The van der Waals surface area contributed by atoms with Crippen molar-refractivity contribution in [1.82, 2.24) is 15.1 Å². The molecule has 0 spiro atoms. The summed E-state index contributed by atoms with van der Waals surface area (Å²) in [6, 6.07) is 10.1. The average Bonchev–Trinajstić information content (AvgIpc) is 2.96. The number of aromatic nitrogens is 2. The number of benzene rings is 1. The zero-order chi connectivity index (χ0) is 13.2. The van der Waals surface area contributed by atoms with Gasteiger partial charge >= 0.3 is 0 Å². The van der Waals surface area contributed by atoms with Gasteiger partial charge in [0, 0.05) is 23.7 Å². The van der Waals surface area contributed by atoms with Crippen LogP contribution in [0.2, 0.25) is 0 Å². The number of nitrogens with one attached hydrogen (secondary N) is 1. The summed E-state index contributed by atoms with van der Waals surface area (Å²) in [7, 11) is 1.95. The lowest BCUT2D eigenvalue weighted by Crippen LogP contribution is -2.08. The molecule has 4 nitrogen and oxygen atoms in total. The molecule has 0 aliphatic heterocycles. The third-order valence-corrected chi connectivity index (χ3v) is 3.22. The lowest BCUT2D eigenvalue weighted by Gasteiger charge is -2.03. The van der Waals surface area contributed by atoms with Gasteiger partial charge in [0.1, 0.15) is 11.3 Å². The van der Waals surface area contributed by atoms with Gasteiger partial charge in [0.2, 0.25) is 0 Å². The van der Waals surface area contributed by atoms with Gasteiger partial charge in [-0.25, -0.2) is 0 Å². The van der Waals surface area contributed by atoms with Crippen molar-refractivity contribution in [3.63, 3.8) is 0 Å². The number of furan rings is 1. The monoisotopic (exact) mass is 255 g/mol. The second-order valence-corrected chi connectivity index (χ2v) is 4.68. The van der Waals surface area contributed by atoms with Gasteiger partial charge in [-0.1, -0.05) is 18.2 Å². The van der Waals surface area contributed by atoms with Gasteiger partial charge in [0.25, 0.3) is 0 Å². The molecular weight excluding hydrogens is 238 g/mol. The van der Waals surface area contributed by atoms with E-state index in [1.165, 1.54) is 10.9 Å². The van der Waals surface area contributed by atoms with Crippen molar-refractivity contribution in [2.75, 3.05) is 7.05 Å². The van der Waals surface area contributed by atoms with Gasteiger partial charge in [-0.05, 0) is 26.1 Å². The van der Waals surface area contributed by atoms with Gasteiger partial charge in [-0.15, -0.1) is 0 Å². The molecule has 1 aromatic carbocycles. The normalized spacial score (nSPS) is 11.3. The predicted octanol–water partition coefficient (Wildman–Crippen LogP) is 2.71. The second kappa shape index (κ2) is 4.90. The van der Waals surface area contributed by atoms with Crippen molar-refractivity contribution in [2.24, 2.45) is 0 Å². The van der Waals surface area contributed by atoms with E-state index in [1.807, 2.05) is 49.1 Å². The highest BCUT2D eigenvalue weighted by Crippen LogP contribution is 2.26. The Morgan fingerprint density at radius 3 is 2.84 bits per heavy atom. The molecule has 0 saturated carbocycles. The van der Waals surface area contributed by atoms with Crippen LogP contribution in [0.3, 0.4) is 0 Å². The van der Waals surface area contributed by atoms with Crippen LogP contribution in [-0.4, -0.2) is 16.8 Å². The van der Waals surface area contributed by atoms with E-state index in [2.05, 4.69) is 16.5 Å². The molecule has 4 heteroatoms. The van der Waals surface area contributed by atoms with Crippen LogP contribution in [-0.2, 0) is 13.1 Å². The Hall–Kier alpha value is -2.07. The van der Waals surface area contributed by atoms with E-state index < -0.39 is 0 Å². The molecule has 0 fully saturated rings. The number of fused-ring (bicyclic) bond motifs is 1. The maximum Gasteiger partial charge on any atom is 0.134 e. The highest BCUT2D eigenvalue weighted by molar-refractivity contribution is 5.82. The van der Waals surface area contributed by atoms with Gasteiger partial charge in [-0.3, -0.25) is 4.68 Å². The van der Waals surface area contributed by atoms with Crippen LogP contribution in [0.15, 0.2) is 40.9 Å². The molecule has 0 aliphatic rings. The largest absolute Gasteiger partial charge is 0.459 e. The summed E-state index contributed by atoms with van der Waals surface area (Å²) < 4.78 is 7.87. The SMILES string of the molecule is CNCc1c(Cn2ccc(C)n2)oc2ccccc12. The lowest BCUT2D eigenvalue weighted by atomic mass is 10.1. The number of nitrogens with zero attached hydrogens (tertiary/aromatic N) is 2. The number of hydrogen-bond donors (Lipinski definition) is 1. The standard InChI is InChI=1S/C15H17N3O/c1-11-7-8-18(17-11)10-15-13(9-16-2)12-5-3-4-6-14(12)19-15/h3-8,16H,9-10H2,1-2H3. The number of para-hydroxylation sites is 1. The average molecular weight is 255 g/mol. The Bertz CT molecular complexity index is 696. The van der Waals surface area contributed by atoms with Gasteiger partial charge in [0.05, 0.1) is 12.2 Å². The van der Waals surface area contributed by atoms with Crippen LogP contribution < -0.4 is 5.32 Å². The molecule has 0 atom stereocenters. The quantitative estimate of drug-likeness (QED) is 0.779. The molecule has 0 saturated heterocycles. The summed E-state index contributed by atoms with van der Waals surface area (Å²) >= 11 is 0. The third kappa shape index (κ3) is 2.27. The summed E-state index contributed by atoms with van der Waals surface area (Å²) in [5.41, 5.74) is 3.17. The van der Waals surface area contributed by atoms with Crippen molar-refractivity contribution in [1.29, 1.82) is 0 Å². The molecule has 0 amide bonds. The van der Waals surface area contributed by atoms with Crippen molar-refractivity contribution < 1.29 is 4.42 Å². The van der Waals surface area contributed by atoms with E-state index in [0.29, 0.717) is 6.54 Å². The van der Waals surface area contributed by atoms with Gasteiger partial charge < -0.3 is 9.73 Å². The van der Waals surface area contributed by atoms with Gasteiger partial charge in [-0.2, -0.15) is 5.10 Å². The minimum absolute atomic E-state index is 0.666. The molecule has 0 radical (unpaired) electrons. The maximum atomic E-state index is 5.96. The first-order valence-corrected chi connectivity index (χ1v) is 6.42. The van der Waals surface area contributed by atoms with Crippen LogP contribution in [0.25, 0.3) is 11.0 Å². The van der Waals surface area contributed by atoms with Crippen molar-refractivity contribution >= 4 is 11.0 Å². The molecule has 3 aromatic rings. The predicted molar refractivity (Wildman–Crippen MR) is 75.0 cm³/mol. The van der Waals surface area contributed by atoms with Crippen molar-refractivity contribution in [2.45, 2.75) is 20.0 Å². The Kier molecular flexibility index (Phi) is 3.09. The van der Waals surface area contributed by atoms with Crippen LogP contribution >= 0.6 is 0 Å². The fourth-order valence-electron chi connectivity index (χ4n) is 2.35. The minimum atomic E-state index is 0.666. The minimum Gasteiger partial charge on any atom is -0.459 e. The lowest BCUT2D eigenvalue weighted by molar-refractivity contribution is 0.500. The van der Waals surface area contributed by atoms with Crippen LogP contribution in [0.5, 0.6) is 0 Å². The Balaban J connectivity index is 2.04. The molecule has 2 aromatic heterocycles. The molecule has 1 N–H and O–H groups in total. The van der Waals surface area contributed by atoms with Crippen LogP contribution in [0.4, 0.5) is 0 Å². The van der Waals surface area contributed by atoms with E-state index in [-0.39, 0.29) is 0 Å². The van der Waals surface area contributed by atoms with E-state index in [9.17, 15) is 0 Å².